The van der Waals surface area contributed by atoms with E-state index in [4.69, 9.17) is 4.42 Å². The summed E-state index contributed by atoms with van der Waals surface area (Å²) in [5, 5.41) is 7.08. The van der Waals surface area contributed by atoms with Gasteiger partial charge in [-0.15, -0.1) is 0 Å². The summed E-state index contributed by atoms with van der Waals surface area (Å²) in [7, 11) is 0. The summed E-state index contributed by atoms with van der Waals surface area (Å²) < 4.78 is 5.66. The van der Waals surface area contributed by atoms with Gasteiger partial charge in [-0.2, -0.15) is 11.3 Å². The fourth-order valence-electron chi connectivity index (χ4n) is 3.36. The van der Waals surface area contributed by atoms with Crippen molar-refractivity contribution in [1.82, 2.24) is 15.1 Å². The molecule has 0 atom stereocenters. The first-order chi connectivity index (χ1) is 14.1. The quantitative estimate of drug-likeness (QED) is 0.695. The molecule has 150 valence electrons. The SMILES string of the molecule is O=C(NCCN1CCN(C(=O)c2cc(=O)c3ccccc3o2)CC1)c1ccsc1. The van der Waals surface area contributed by atoms with Gasteiger partial charge in [0.15, 0.2) is 11.2 Å². The zero-order chi connectivity index (χ0) is 20.2. The molecule has 0 spiro atoms. The summed E-state index contributed by atoms with van der Waals surface area (Å²) >= 11 is 1.50. The highest BCUT2D eigenvalue weighted by Gasteiger charge is 2.24. The summed E-state index contributed by atoms with van der Waals surface area (Å²) in [6.45, 7) is 3.79. The van der Waals surface area contributed by atoms with Gasteiger partial charge >= 0.3 is 0 Å². The molecule has 7 nitrogen and oxygen atoms in total. The number of hydrogen-bond donors (Lipinski definition) is 1. The van der Waals surface area contributed by atoms with Crippen LogP contribution in [0.2, 0.25) is 0 Å². The smallest absolute Gasteiger partial charge is 0.289 e. The van der Waals surface area contributed by atoms with Crippen LogP contribution in [0, 0.1) is 0 Å². The topological polar surface area (TPSA) is 82.9 Å². The molecular weight excluding hydrogens is 390 g/mol. The molecule has 0 unspecified atom stereocenters. The molecule has 1 aliphatic heterocycles. The van der Waals surface area contributed by atoms with E-state index < -0.39 is 0 Å². The minimum Gasteiger partial charge on any atom is -0.451 e. The molecule has 8 heteroatoms. The van der Waals surface area contributed by atoms with Crippen LogP contribution in [0.1, 0.15) is 20.9 Å². The minimum absolute atomic E-state index is 0.0635. The van der Waals surface area contributed by atoms with E-state index in [1.54, 1.807) is 35.2 Å². The number of carbonyl (C=O) groups is 2. The lowest BCUT2D eigenvalue weighted by Crippen LogP contribution is -2.50. The Morgan fingerprint density at radius 1 is 1.10 bits per heavy atom. The van der Waals surface area contributed by atoms with Crippen LogP contribution in [0.5, 0.6) is 0 Å². The molecule has 4 rings (SSSR count). The van der Waals surface area contributed by atoms with Crippen LogP contribution < -0.4 is 10.7 Å². The van der Waals surface area contributed by atoms with Crippen LogP contribution in [-0.4, -0.2) is 60.9 Å². The van der Waals surface area contributed by atoms with Crippen molar-refractivity contribution in [3.05, 3.63) is 68.7 Å². The van der Waals surface area contributed by atoms with Crippen LogP contribution in [0.3, 0.4) is 0 Å². The first-order valence-electron chi connectivity index (χ1n) is 9.47. The van der Waals surface area contributed by atoms with Gasteiger partial charge in [-0.3, -0.25) is 19.3 Å². The number of benzene rings is 1. The second kappa shape index (κ2) is 8.59. The molecule has 2 amide bonds. The van der Waals surface area contributed by atoms with Gasteiger partial charge in [-0.1, -0.05) is 12.1 Å². The second-order valence-corrected chi connectivity index (χ2v) is 7.65. The number of para-hydroxylation sites is 1. The molecule has 0 radical (unpaired) electrons. The Morgan fingerprint density at radius 3 is 2.66 bits per heavy atom. The fraction of sp³-hybridized carbons (Fsp3) is 0.286. The fourth-order valence-corrected chi connectivity index (χ4v) is 4.00. The third-order valence-corrected chi connectivity index (χ3v) is 5.69. The molecule has 1 aliphatic rings. The van der Waals surface area contributed by atoms with Gasteiger partial charge in [0.2, 0.25) is 0 Å². The Hall–Kier alpha value is -2.97. The van der Waals surface area contributed by atoms with Crippen molar-refractivity contribution in [3.63, 3.8) is 0 Å². The zero-order valence-electron chi connectivity index (χ0n) is 15.8. The van der Waals surface area contributed by atoms with Gasteiger partial charge in [0.1, 0.15) is 5.58 Å². The molecule has 3 heterocycles. The Kier molecular flexibility index (Phi) is 5.73. The molecule has 2 aromatic heterocycles. The number of fused-ring (bicyclic) bond motifs is 1. The third-order valence-electron chi connectivity index (χ3n) is 5.00. The number of hydrogen-bond acceptors (Lipinski definition) is 6. The number of carbonyl (C=O) groups excluding carboxylic acids is 2. The number of amides is 2. The van der Waals surface area contributed by atoms with Gasteiger partial charge < -0.3 is 14.6 Å². The van der Waals surface area contributed by atoms with E-state index in [2.05, 4.69) is 10.2 Å². The maximum atomic E-state index is 12.8. The predicted molar refractivity (Wildman–Crippen MR) is 111 cm³/mol. The maximum Gasteiger partial charge on any atom is 0.289 e. The Balaban J connectivity index is 1.30. The van der Waals surface area contributed by atoms with Crippen LogP contribution in [0.4, 0.5) is 0 Å². The molecule has 0 bridgehead atoms. The summed E-state index contributed by atoms with van der Waals surface area (Å²) in [5.74, 6) is -0.255. The van der Waals surface area contributed by atoms with Gasteiger partial charge in [0.05, 0.1) is 5.39 Å². The van der Waals surface area contributed by atoms with Crippen molar-refractivity contribution >= 4 is 34.1 Å². The van der Waals surface area contributed by atoms with E-state index in [0.29, 0.717) is 49.3 Å². The maximum absolute atomic E-state index is 12.8. The lowest BCUT2D eigenvalue weighted by atomic mass is 10.2. The normalized spacial score (nSPS) is 14.8. The number of thiophene rings is 1. The van der Waals surface area contributed by atoms with E-state index in [0.717, 1.165) is 6.54 Å². The van der Waals surface area contributed by atoms with Crippen LogP contribution >= 0.6 is 11.3 Å². The van der Waals surface area contributed by atoms with E-state index >= 15 is 0 Å². The third kappa shape index (κ3) is 4.38. The molecule has 0 saturated carbocycles. The zero-order valence-corrected chi connectivity index (χ0v) is 16.6. The molecule has 1 N–H and O–H groups in total. The second-order valence-electron chi connectivity index (χ2n) is 6.87. The first-order valence-corrected chi connectivity index (χ1v) is 10.4. The minimum atomic E-state index is -0.265. The summed E-state index contributed by atoms with van der Waals surface area (Å²) in [5.41, 5.74) is 0.890. The van der Waals surface area contributed by atoms with Crippen molar-refractivity contribution in [1.29, 1.82) is 0 Å². The Morgan fingerprint density at radius 2 is 1.90 bits per heavy atom. The predicted octanol–water partition coefficient (Wildman–Crippen LogP) is 2.04. The van der Waals surface area contributed by atoms with Crippen LogP contribution in [0.25, 0.3) is 11.0 Å². The lowest BCUT2D eigenvalue weighted by molar-refractivity contribution is 0.0608. The van der Waals surface area contributed by atoms with Crippen molar-refractivity contribution in [3.8, 4) is 0 Å². The number of rotatable bonds is 5. The Labute approximate surface area is 171 Å². The first kappa shape index (κ1) is 19.4. The summed E-state index contributed by atoms with van der Waals surface area (Å²) in [6.07, 6.45) is 0. The highest BCUT2D eigenvalue weighted by Crippen LogP contribution is 2.14. The van der Waals surface area contributed by atoms with Gasteiger partial charge in [0.25, 0.3) is 11.8 Å². The molecular formula is C21H21N3O4S. The molecule has 29 heavy (non-hydrogen) atoms. The Bertz CT molecular complexity index is 1070. The van der Waals surface area contributed by atoms with Crippen LogP contribution in [-0.2, 0) is 0 Å². The standard InChI is InChI=1S/C21H21N3O4S/c25-17-13-19(28-18-4-2-1-3-16(17)18)21(27)24-10-8-23(9-11-24)7-6-22-20(26)15-5-12-29-14-15/h1-5,12-14H,6-11H2,(H,22,26). The van der Waals surface area contributed by atoms with Gasteiger partial charge in [0, 0.05) is 56.3 Å². The van der Waals surface area contributed by atoms with Crippen molar-refractivity contribution in [2.75, 3.05) is 39.3 Å². The van der Waals surface area contributed by atoms with E-state index in [9.17, 15) is 14.4 Å². The number of piperazine rings is 1. The molecule has 0 aliphatic carbocycles. The average Bonchev–Trinajstić information content (AvgIpc) is 3.29. The number of nitrogens with one attached hydrogen (secondary N) is 1. The van der Waals surface area contributed by atoms with E-state index in [1.165, 1.54) is 17.4 Å². The summed E-state index contributed by atoms with van der Waals surface area (Å²) in [6, 6.07) is 9.99. The molecule has 1 fully saturated rings. The van der Waals surface area contributed by atoms with Crippen molar-refractivity contribution in [2.45, 2.75) is 0 Å². The highest BCUT2D eigenvalue weighted by molar-refractivity contribution is 7.08. The number of nitrogens with zero attached hydrogens (tertiary/aromatic N) is 2. The van der Waals surface area contributed by atoms with Crippen molar-refractivity contribution < 1.29 is 14.0 Å². The molecule has 3 aromatic rings. The largest absolute Gasteiger partial charge is 0.451 e. The average molecular weight is 411 g/mol. The van der Waals surface area contributed by atoms with E-state index in [-0.39, 0.29) is 23.0 Å². The molecule has 1 aromatic carbocycles. The highest BCUT2D eigenvalue weighted by atomic mass is 32.1. The monoisotopic (exact) mass is 411 g/mol. The lowest BCUT2D eigenvalue weighted by Gasteiger charge is -2.34. The summed E-state index contributed by atoms with van der Waals surface area (Å²) in [4.78, 5) is 40.8. The van der Waals surface area contributed by atoms with E-state index in [1.807, 2.05) is 10.8 Å². The van der Waals surface area contributed by atoms with Gasteiger partial charge in [-0.25, -0.2) is 0 Å². The van der Waals surface area contributed by atoms with Crippen molar-refractivity contribution in [2.24, 2.45) is 0 Å². The van der Waals surface area contributed by atoms with Gasteiger partial charge in [-0.05, 0) is 23.6 Å². The molecule has 1 saturated heterocycles. The van der Waals surface area contributed by atoms with Crippen LogP contribution in [0.15, 0.2) is 56.4 Å².